The van der Waals surface area contributed by atoms with E-state index >= 15 is 0 Å². The van der Waals surface area contributed by atoms with Gasteiger partial charge in [0.2, 0.25) is 0 Å². The van der Waals surface area contributed by atoms with Crippen LogP contribution in [0.5, 0.6) is 5.75 Å². The minimum atomic E-state index is 0.539. The van der Waals surface area contributed by atoms with Crippen LogP contribution in [0.15, 0.2) is 36.5 Å². The lowest BCUT2D eigenvalue weighted by atomic mass is 10.2. The van der Waals surface area contributed by atoms with Crippen LogP contribution in [0.3, 0.4) is 0 Å². The van der Waals surface area contributed by atoms with Crippen molar-refractivity contribution < 1.29 is 9.47 Å². The maximum atomic E-state index is 6.61. The van der Waals surface area contributed by atoms with Gasteiger partial charge in [-0.3, -0.25) is 0 Å². The molecule has 2 aromatic heterocycles. The molecule has 3 aromatic rings. The first-order chi connectivity index (χ1) is 14.6. The second-order valence-electron chi connectivity index (χ2n) is 7.02. The van der Waals surface area contributed by atoms with Gasteiger partial charge in [0.1, 0.15) is 17.4 Å². The van der Waals surface area contributed by atoms with E-state index in [1.807, 2.05) is 28.8 Å². The monoisotopic (exact) mass is 431 g/mol. The molecule has 3 rings (SSSR count). The SMILES string of the molecule is CCCN(CCC)c1cc(N(CCOC)c2ccc(OC)cc2Cl)nc2ccnn12. The molecule has 162 valence electrons. The Morgan fingerprint density at radius 2 is 1.80 bits per heavy atom. The zero-order valence-corrected chi connectivity index (χ0v) is 18.9. The highest BCUT2D eigenvalue weighted by atomic mass is 35.5. The zero-order valence-electron chi connectivity index (χ0n) is 18.1. The Hall–Kier alpha value is -2.51. The van der Waals surface area contributed by atoms with Gasteiger partial charge in [-0.15, -0.1) is 0 Å². The molecule has 0 saturated heterocycles. The Balaban J connectivity index is 2.12. The Morgan fingerprint density at radius 3 is 2.43 bits per heavy atom. The first-order valence-electron chi connectivity index (χ1n) is 10.3. The molecule has 0 amide bonds. The van der Waals surface area contributed by atoms with Gasteiger partial charge >= 0.3 is 0 Å². The van der Waals surface area contributed by atoms with E-state index in [1.54, 1.807) is 20.4 Å². The van der Waals surface area contributed by atoms with Crippen LogP contribution >= 0.6 is 11.6 Å². The largest absolute Gasteiger partial charge is 0.497 e. The van der Waals surface area contributed by atoms with Crippen molar-refractivity contribution in [3.63, 3.8) is 0 Å². The third-order valence-corrected chi connectivity index (χ3v) is 5.18. The topological polar surface area (TPSA) is 55.1 Å². The average Bonchev–Trinajstić information content (AvgIpc) is 3.23. The van der Waals surface area contributed by atoms with Gasteiger partial charge in [-0.1, -0.05) is 25.4 Å². The van der Waals surface area contributed by atoms with Crippen molar-refractivity contribution in [1.29, 1.82) is 0 Å². The van der Waals surface area contributed by atoms with Gasteiger partial charge in [-0.25, -0.2) is 4.98 Å². The standard InChI is InChI=1S/C22H30ClN5O2/c1-5-11-26(12-6-2)22-16-21(25-20-9-10-24-28(20)22)27(13-14-29-3)19-8-7-17(30-4)15-18(19)23/h7-10,15-16H,5-6,11-14H2,1-4H3. The van der Waals surface area contributed by atoms with Gasteiger partial charge in [0, 0.05) is 44.9 Å². The summed E-state index contributed by atoms with van der Waals surface area (Å²) in [5.74, 6) is 2.54. The molecule has 8 heteroatoms. The second kappa shape index (κ2) is 10.5. The van der Waals surface area contributed by atoms with Crippen LogP contribution in [0.4, 0.5) is 17.3 Å². The maximum Gasteiger partial charge on any atom is 0.159 e. The zero-order chi connectivity index (χ0) is 21.5. The van der Waals surface area contributed by atoms with E-state index < -0.39 is 0 Å². The molecule has 0 spiro atoms. The second-order valence-corrected chi connectivity index (χ2v) is 7.43. The number of halogens is 1. The van der Waals surface area contributed by atoms with Crippen LogP contribution in [0.25, 0.3) is 5.65 Å². The summed E-state index contributed by atoms with van der Waals surface area (Å²) in [5.41, 5.74) is 1.65. The van der Waals surface area contributed by atoms with Crippen molar-refractivity contribution in [1.82, 2.24) is 14.6 Å². The molecule has 30 heavy (non-hydrogen) atoms. The average molecular weight is 432 g/mol. The van der Waals surface area contributed by atoms with Gasteiger partial charge in [0.25, 0.3) is 0 Å². The smallest absolute Gasteiger partial charge is 0.159 e. The molecule has 0 N–H and O–H groups in total. The Bertz CT molecular complexity index is 956. The molecule has 0 fully saturated rings. The van der Waals surface area contributed by atoms with Crippen molar-refractivity contribution in [2.24, 2.45) is 0 Å². The Kier molecular flexibility index (Phi) is 7.76. The first kappa shape index (κ1) is 22.2. The quantitative estimate of drug-likeness (QED) is 0.434. The van der Waals surface area contributed by atoms with E-state index in [4.69, 9.17) is 26.1 Å². The fourth-order valence-electron chi connectivity index (χ4n) is 3.50. The van der Waals surface area contributed by atoms with Crippen molar-refractivity contribution >= 4 is 34.6 Å². The molecule has 0 aliphatic carbocycles. The van der Waals surface area contributed by atoms with E-state index in [1.165, 1.54) is 0 Å². The molecule has 2 heterocycles. The summed E-state index contributed by atoms with van der Waals surface area (Å²) in [5, 5.41) is 5.10. The first-order valence-corrected chi connectivity index (χ1v) is 10.7. The van der Waals surface area contributed by atoms with Gasteiger partial charge in [0.05, 0.1) is 30.6 Å². The third-order valence-electron chi connectivity index (χ3n) is 4.88. The fourth-order valence-corrected chi connectivity index (χ4v) is 3.78. The lowest BCUT2D eigenvalue weighted by Gasteiger charge is -2.28. The summed E-state index contributed by atoms with van der Waals surface area (Å²) >= 11 is 6.61. The minimum Gasteiger partial charge on any atom is -0.497 e. The molecule has 0 bridgehead atoms. The molecule has 0 atom stereocenters. The predicted octanol–water partition coefficient (Wildman–Crippen LogP) is 4.80. The number of benzene rings is 1. The van der Waals surface area contributed by atoms with Crippen molar-refractivity contribution in [2.75, 3.05) is 50.3 Å². The molecule has 0 saturated carbocycles. The van der Waals surface area contributed by atoms with Crippen LogP contribution in [-0.2, 0) is 4.74 Å². The summed E-state index contributed by atoms with van der Waals surface area (Å²) in [7, 11) is 3.32. The summed E-state index contributed by atoms with van der Waals surface area (Å²) in [6.07, 6.45) is 3.89. The lowest BCUT2D eigenvalue weighted by molar-refractivity contribution is 0.207. The maximum absolute atomic E-state index is 6.61. The molecular formula is C22H30ClN5O2. The van der Waals surface area contributed by atoms with Gasteiger partial charge in [-0.2, -0.15) is 9.61 Å². The third kappa shape index (κ3) is 4.79. The van der Waals surface area contributed by atoms with Crippen LogP contribution in [0.2, 0.25) is 5.02 Å². The van der Waals surface area contributed by atoms with Gasteiger partial charge in [-0.05, 0) is 25.0 Å². The van der Waals surface area contributed by atoms with Crippen LogP contribution in [0, 0.1) is 0 Å². The number of anilines is 3. The van der Waals surface area contributed by atoms with E-state index in [2.05, 4.69) is 34.8 Å². The van der Waals surface area contributed by atoms with E-state index in [0.717, 1.165) is 48.9 Å². The number of rotatable bonds is 11. The van der Waals surface area contributed by atoms with E-state index in [9.17, 15) is 0 Å². The van der Waals surface area contributed by atoms with Crippen molar-refractivity contribution in [2.45, 2.75) is 26.7 Å². The number of nitrogens with zero attached hydrogens (tertiary/aromatic N) is 5. The molecule has 7 nitrogen and oxygen atoms in total. The summed E-state index contributed by atoms with van der Waals surface area (Å²) in [6, 6.07) is 9.68. The molecule has 0 aliphatic rings. The Morgan fingerprint density at radius 1 is 1.03 bits per heavy atom. The summed E-state index contributed by atoms with van der Waals surface area (Å²) in [4.78, 5) is 9.30. The normalized spacial score (nSPS) is 11.1. The number of hydrogen-bond donors (Lipinski definition) is 0. The molecule has 1 aromatic carbocycles. The van der Waals surface area contributed by atoms with Gasteiger partial charge < -0.3 is 19.3 Å². The van der Waals surface area contributed by atoms with Crippen LogP contribution in [0.1, 0.15) is 26.7 Å². The van der Waals surface area contributed by atoms with E-state index in [-0.39, 0.29) is 0 Å². The lowest BCUT2D eigenvalue weighted by Crippen LogP contribution is -2.29. The van der Waals surface area contributed by atoms with Crippen LogP contribution < -0.4 is 14.5 Å². The highest BCUT2D eigenvalue weighted by Crippen LogP contribution is 2.35. The molecule has 0 radical (unpaired) electrons. The van der Waals surface area contributed by atoms with Gasteiger partial charge in [0.15, 0.2) is 5.65 Å². The molecule has 0 aliphatic heterocycles. The number of ether oxygens (including phenoxy) is 2. The number of methoxy groups -OCH3 is 2. The summed E-state index contributed by atoms with van der Waals surface area (Å²) < 4.78 is 12.6. The highest BCUT2D eigenvalue weighted by Gasteiger charge is 2.19. The van der Waals surface area contributed by atoms with Crippen molar-refractivity contribution in [3.8, 4) is 5.75 Å². The Labute approximate surface area is 183 Å². The number of aromatic nitrogens is 3. The van der Waals surface area contributed by atoms with Crippen LogP contribution in [-0.4, -0.2) is 55.1 Å². The molecule has 0 unspecified atom stereocenters. The molecular weight excluding hydrogens is 402 g/mol. The van der Waals surface area contributed by atoms with Crippen molar-refractivity contribution in [3.05, 3.63) is 41.6 Å². The number of fused-ring (bicyclic) bond motifs is 1. The fraction of sp³-hybridized carbons (Fsp3) is 0.455. The predicted molar refractivity (Wildman–Crippen MR) is 123 cm³/mol. The summed E-state index contributed by atoms with van der Waals surface area (Å²) in [6.45, 7) is 7.43. The van der Waals surface area contributed by atoms with E-state index in [0.29, 0.717) is 23.9 Å². The highest BCUT2D eigenvalue weighted by molar-refractivity contribution is 6.33. The number of hydrogen-bond acceptors (Lipinski definition) is 6. The minimum absolute atomic E-state index is 0.539.